The lowest BCUT2D eigenvalue weighted by molar-refractivity contribution is 0.0999. The Hall–Kier alpha value is -1.51. The minimum Gasteiger partial charge on any atom is -0.493 e. The van der Waals surface area contributed by atoms with E-state index in [9.17, 15) is 4.79 Å². The van der Waals surface area contributed by atoms with Gasteiger partial charge < -0.3 is 10.5 Å². The summed E-state index contributed by atoms with van der Waals surface area (Å²) in [5, 5.41) is 0. The van der Waals surface area contributed by atoms with E-state index in [0.717, 1.165) is 17.7 Å². The van der Waals surface area contributed by atoms with Crippen LogP contribution in [0.4, 0.5) is 0 Å². The highest BCUT2D eigenvalue weighted by molar-refractivity contribution is 5.94. The molecule has 0 fully saturated rings. The molecule has 0 atom stereocenters. The third-order valence-corrected chi connectivity index (χ3v) is 2.31. The van der Waals surface area contributed by atoms with Gasteiger partial charge in [-0.25, -0.2) is 0 Å². The minimum atomic E-state index is -0.382. The van der Waals surface area contributed by atoms with E-state index >= 15 is 0 Å². The number of hydrogen-bond donors (Lipinski definition) is 1. The third kappa shape index (κ3) is 3.26. The first kappa shape index (κ1) is 12.6. The molecule has 0 radical (unpaired) electrons. The SMILES string of the molecule is CCc1cc(OCC(C)C)ccc1C(N)=O. The standard InChI is InChI=1S/C13H19NO2/c1-4-10-7-11(16-8-9(2)3)5-6-12(10)13(14)15/h5-7,9H,4,8H2,1-3H3,(H2,14,15). The summed E-state index contributed by atoms with van der Waals surface area (Å²) in [6.07, 6.45) is 0.775. The van der Waals surface area contributed by atoms with Crippen molar-refractivity contribution in [2.75, 3.05) is 6.61 Å². The average Bonchev–Trinajstić information content (AvgIpc) is 2.25. The normalized spacial score (nSPS) is 10.5. The van der Waals surface area contributed by atoms with Crippen molar-refractivity contribution in [3.8, 4) is 5.75 Å². The molecule has 0 unspecified atom stereocenters. The summed E-state index contributed by atoms with van der Waals surface area (Å²) in [6.45, 7) is 6.87. The summed E-state index contributed by atoms with van der Waals surface area (Å²) in [6, 6.07) is 5.42. The molecule has 16 heavy (non-hydrogen) atoms. The Morgan fingerprint density at radius 3 is 2.62 bits per heavy atom. The van der Waals surface area contributed by atoms with E-state index in [-0.39, 0.29) is 5.91 Å². The molecule has 1 rings (SSSR count). The van der Waals surface area contributed by atoms with Crippen LogP contribution >= 0.6 is 0 Å². The van der Waals surface area contributed by atoms with Crippen molar-refractivity contribution in [2.45, 2.75) is 27.2 Å². The number of carbonyl (C=O) groups is 1. The topological polar surface area (TPSA) is 52.3 Å². The number of hydrogen-bond acceptors (Lipinski definition) is 2. The fourth-order valence-corrected chi connectivity index (χ4v) is 1.46. The Morgan fingerprint density at radius 1 is 1.44 bits per heavy atom. The fraction of sp³-hybridized carbons (Fsp3) is 0.462. The second-order valence-electron chi connectivity index (χ2n) is 4.24. The smallest absolute Gasteiger partial charge is 0.248 e. The van der Waals surface area contributed by atoms with Crippen LogP contribution in [-0.2, 0) is 6.42 Å². The molecule has 1 amide bonds. The zero-order valence-electron chi connectivity index (χ0n) is 10.1. The molecule has 88 valence electrons. The monoisotopic (exact) mass is 221 g/mol. The van der Waals surface area contributed by atoms with Crippen LogP contribution in [0.3, 0.4) is 0 Å². The van der Waals surface area contributed by atoms with Crippen LogP contribution in [0.1, 0.15) is 36.7 Å². The van der Waals surface area contributed by atoms with Crippen LogP contribution in [0.25, 0.3) is 0 Å². The van der Waals surface area contributed by atoms with Crippen LogP contribution < -0.4 is 10.5 Å². The molecule has 2 N–H and O–H groups in total. The van der Waals surface area contributed by atoms with Gasteiger partial charge in [0.2, 0.25) is 5.91 Å². The lowest BCUT2D eigenvalue weighted by atomic mass is 10.0. The largest absolute Gasteiger partial charge is 0.493 e. The molecule has 3 nitrogen and oxygen atoms in total. The lowest BCUT2D eigenvalue weighted by Crippen LogP contribution is -2.14. The molecule has 0 saturated carbocycles. The molecule has 0 aliphatic rings. The second kappa shape index (κ2) is 5.54. The maximum absolute atomic E-state index is 11.1. The van der Waals surface area contributed by atoms with Gasteiger partial charge in [-0.2, -0.15) is 0 Å². The fourth-order valence-electron chi connectivity index (χ4n) is 1.46. The van der Waals surface area contributed by atoms with Crippen LogP contribution in [0.2, 0.25) is 0 Å². The first-order valence-electron chi connectivity index (χ1n) is 5.60. The van der Waals surface area contributed by atoms with Gasteiger partial charge >= 0.3 is 0 Å². The minimum absolute atomic E-state index is 0.382. The Labute approximate surface area is 96.6 Å². The summed E-state index contributed by atoms with van der Waals surface area (Å²) < 4.78 is 5.59. The van der Waals surface area contributed by atoms with Gasteiger partial charge in [0.05, 0.1) is 6.61 Å². The van der Waals surface area contributed by atoms with Crippen molar-refractivity contribution in [3.63, 3.8) is 0 Å². The van der Waals surface area contributed by atoms with Gasteiger partial charge in [0, 0.05) is 5.56 Å². The van der Waals surface area contributed by atoms with Gasteiger partial charge in [0.1, 0.15) is 5.75 Å². The van der Waals surface area contributed by atoms with Crippen molar-refractivity contribution < 1.29 is 9.53 Å². The van der Waals surface area contributed by atoms with E-state index in [1.165, 1.54) is 0 Å². The van der Waals surface area contributed by atoms with Crippen LogP contribution in [0.5, 0.6) is 5.75 Å². The van der Waals surface area contributed by atoms with Gasteiger partial charge in [0.25, 0.3) is 0 Å². The predicted molar refractivity (Wildman–Crippen MR) is 64.7 cm³/mol. The molecule has 3 heteroatoms. The predicted octanol–water partition coefficient (Wildman–Crippen LogP) is 2.38. The maximum Gasteiger partial charge on any atom is 0.248 e. The Kier molecular flexibility index (Phi) is 4.35. The zero-order chi connectivity index (χ0) is 12.1. The Bertz CT molecular complexity index is 372. The number of nitrogens with two attached hydrogens (primary N) is 1. The van der Waals surface area contributed by atoms with Crippen LogP contribution in [0, 0.1) is 5.92 Å². The van der Waals surface area contributed by atoms with Crippen molar-refractivity contribution in [3.05, 3.63) is 29.3 Å². The van der Waals surface area contributed by atoms with Crippen LogP contribution in [0.15, 0.2) is 18.2 Å². The van der Waals surface area contributed by atoms with E-state index in [1.54, 1.807) is 12.1 Å². The van der Waals surface area contributed by atoms with Gasteiger partial charge in [-0.15, -0.1) is 0 Å². The Morgan fingerprint density at radius 2 is 2.12 bits per heavy atom. The maximum atomic E-state index is 11.1. The molecule has 0 heterocycles. The number of benzene rings is 1. The highest BCUT2D eigenvalue weighted by atomic mass is 16.5. The summed E-state index contributed by atoms with van der Waals surface area (Å²) in [5.74, 6) is 0.906. The first-order valence-corrected chi connectivity index (χ1v) is 5.60. The summed E-state index contributed by atoms with van der Waals surface area (Å²) in [7, 11) is 0. The molecular weight excluding hydrogens is 202 g/mol. The third-order valence-electron chi connectivity index (χ3n) is 2.31. The highest BCUT2D eigenvalue weighted by Crippen LogP contribution is 2.19. The van der Waals surface area contributed by atoms with Crippen molar-refractivity contribution in [1.82, 2.24) is 0 Å². The molecule has 0 aliphatic carbocycles. The second-order valence-corrected chi connectivity index (χ2v) is 4.24. The number of ether oxygens (including phenoxy) is 1. The molecule has 0 bridgehead atoms. The quantitative estimate of drug-likeness (QED) is 0.830. The Balaban J connectivity index is 2.86. The number of rotatable bonds is 5. The van der Waals surface area contributed by atoms with Crippen LogP contribution in [-0.4, -0.2) is 12.5 Å². The van der Waals surface area contributed by atoms with E-state index in [4.69, 9.17) is 10.5 Å². The molecule has 0 saturated heterocycles. The molecule has 1 aromatic carbocycles. The zero-order valence-corrected chi connectivity index (χ0v) is 10.1. The van der Waals surface area contributed by atoms with Crippen molar-refractivity contribution >= 4 is 5.91 Å². The van der Waals surface area contributed by atoms with Crippen molar-refractivity contribution in [2.24, 2.45) is 11.7 Å². The van der Waals surface area contributed by atoms with Gasteiger partial charge in [-0.05, 0) is 36.1 Å². The lowest BCUT2D eigenvalue weighted by Gasteiger charge is -2.11. The molecular formula is C13H19NO2. The number of amides is 1. The van der Waals surface area contributed by atoms with Crippen molar-refractivity contribution in [1.29, 1.82) is 0 Å². The van der Waals surface area contributed by atoms with E-state index in [1.807, 2.05) is 13.0 Å². The highest BCUT2D eigenvalue weighted by Gasteiger charge is 2.08. The average molecular weight is 221 g/mol. The summed E-state index contributed by atoms with van der Waals surface area (Å²) in [4.78, 5) is 11.1. The van der Waals surface area contributed by atoms with E-state index in [0.29, 0.717) is 18.1 Å². The number of aryl methyl sites for hydroxylation is 1. The molecule has 1 aromatic rings. The number of primary amides is 1. The summed E-state index contributed by atoms with van der Waals surface area (Å²) in [5.41, 5.74) is 6.80. The van der Waals surface area contributed by atoms with Gasteiger partial charge in [-0.1, -0.05) is 20.8 Å². The molecule has 0 aromatic heterocycles. The summed E-state index contributed by atoms with van der Waals surface area (Å²) >= 11 is 0. The number of carbonyl (C=O) groups excluding carboxylic acids is 1. The first-order chi connectivity index (χ1) is 7.54. The molecule has 0 spiro atoms. The van der Waals surface area contributed by atoms with E-state index in [2.05, 4.69) is 13.8 Å². The van der Waals surface area contributed by atoms with Gasteiger partial charge in [-0.3, -0.25) is 4.79 Å². The molecule has 0 aliphatic heterocycles. The van der Waals surface area contributed by atoms with E-state index < -0.39 is 0 Å². The van der Waals surface area contributed by atoms with Gasteiger partial charge in [0.15, 0.2) is 0 Å².